The van der Waals surface area contributed by atoms with E-state index in [-0.39, 0.29) is 0 Å². The maximum atomic E-state index is 4.93. The molecule has 240 valence electrons. The van der Waals surface area contributed by atoms with E-state index in [1.807, 2.05) is 24.9 Å². The Morgan fingerprint density at radius 2 is 0.674 bits per heavy atom. The lowest BCUT2D eigenvalue weighted by molar-refractivity contribution is 0.894. The normalized spacial score (nSPS) is 13.7. The first kappa shape index (κ1) is 33.1. The van der Waals surface area contributed by atoms with Crippen molar-refractivity contribution in [3.05, 3.63) is 115 Å². The molecule has 0 unspecified atom stereocenters. The first-order valence-corrected chi connectivity index (χ1v) is 17.2. The summed E-state index contributed by atoms with van der Waals surface area (Å²) in [6.07, 6.45) is 13.7. The minimum absolute atomic E-state index is 0.657. The first-order valence-electron chi connectivity index (χ1n) is 17.2. The van der Waals surface area contributed by atoms with Crippen LogP contribution in [0.1, 0.15) is 120 Å². The Morgan fingerprint density at radius 1 is 0.413 bits per heavy atom. The van der Waals surface area contributed by atoms with E-state index in [2.05, 4.69) is 87.9 Å². The number of nitrogens with zero attached hydrogens (tertiary/aromatic N) is 4. The molecule has 2 N–H and O–H groups in total. The van der Waals surface area contributed by atoms with Crippen LogP contribution in [0.4, 0.5) is 0 Å². The van der Waals surface area contributed by atoms with Crippen molar-refractivity contribution in [3.8, 4) is 0 Å². The highest BCUT2D eigenvalue weighted by Gasteiger charge is 2.17. The molecule has 0 atom stereocenters. The lowest BCUT2D eigenvalue weighted by atomic mass is 9.88. The fourth-order valence-electron chi connectivity index (χ4n) is 6.91. The molecule has 6 heteroatoms. The fraction of sp³-hybridized carbons (Fsp3) is 0.400. The van der Waals surface area contributed by atoms with Crippen molar-refractivity contribution in [3.63, 3.8) is 0 Å². The number of rotatable bonds is 6. The van der Waals surface area contributed by atoms with Gasteiger partial charge in [0, 0.05) is 24.9 Å². The third-order valence-electron chi connectivity index (χ3n) is 9.32. The lowest BCUT2D eigenvalue weighted by Crippen LogP contribution is -2.08. The summed E-state index contributed by atoms with van der Waals surface area (Å²) >= 11 is 0. The Morgan fingerprint density at radius 3 is 0.891 bits per heavy atom. The van der Waals surface area contributed by atoms with Gasteiger partial charge < -0.3 is 9.97 Å². The van der Waals surface area contributed by atoms with E-state index >= 15 is 0 Å². The number of aryl methyl sites for hydroxylation is 4. The van der Waals surface area contributed by atoms with Crippen LogP contribution in [0.15, 0.2) is 56.4 Å². The molecule has 0 radical (unpaired) electrons. The molecule has 4 aromatic rings. The van der Waals surface area contributed by atoms with Gasteiger partial charge >= 0.3 is 0 Å². The van der Waals surface area contributed by atoms with Crippen LogP contribution < -0.4 is 0 Å². The highest BCUT2D eigenvalue weighted by molar-refractivity contribution is 5.84. The number of hydrogen-bond acceptors (Lipinski definition) is 4. The highest BCUT2D eigenvalue weighted by Crippen LogP contribution is 2.29. The smallest absolute Gasteiger partial charge is 0.0646 e. The van der Waals surface area contributed by atoms with Crippen molar-refractivity contribution in [2.75, 3.05) is 0 Å². The SMILES string of the molecule is CCc1cc(CC)c2c(CC)c1CN=Cc1ccc([nH]1)C=NCc1c(CC)cc(CC)c(c1CC)CN=Cc1ccc([nH]1)C=NC2. The molecule has 1 aliphatic rings. The molecule has 0 aliphatic carbocycles. The van der Waals surface area contributed by atoms with Crippen LogP contribution in [0.3, 0.4) is 0 Å². The van der Waals surface area contributed by atoms with Crippen molar-refractivity contribution in [1.29, 1.82) is 0 Å². The van der Waals surface area contributed by atoms with E-state index in [4.69, 9.17) is 20.0 Å². The van der Waals surface area contributed by atoms with Gasteiger partial charge in [-0.15, -0.1) is 0 Å². The van der Waals surface area contributed by atoms with Crippen LogP contribution in [0, 0.1) is 0 Å². The predicted octanol–water partition coefficient (Wildman–Crippen LogP) is 8.51. The summed E-state index contributed by atoms with van der Waals surface area (Å²) in [4.78, 5) is 26.7. The number of aromatic nitrogens is 2. The van der Waals surface area contributed by atoms with Gasteiger partial charge in [0.1, 0.15) is 0 Å². The van der Waals surface area contributed by atoms with Crippen molar-refractivity contribution >= 4 is 24.9 Å². The van der Waals surface area contributed by atoms with Crippen LogP contribution in [-0.2, 0) is 64.7 Å². The maximum Gasteiger partial charge on any atom is 0.0646 e. The molecule has 3 heterocycles. The molecular formula is C40H50N6. The van der Waals surface area contributed by atoms with E-state index in [0.29, 0.717) is 26.2 Å². The Labute approximate surface area is 275 Å². The minimum atomic E-state index is 0.657. The molecule has 0 saturated heterocycles. The summed E-state index contributed by atoms with van der Waals surface area (Å²) < 4.78 is 0. The number of benzene rings is 2. The zero-order valence-electron chi connectivity index (χ0n) is 28.6. The van der Waals surface area contributed by atoms with Crippen molar-refractivity contribution in [2.45, 2.75) is 106 Å². The summed E-state index contributed by atoms with van der Waals surface area (Å²) in [5, 5.41) is 0. The second kappa shape index (κ2) is 15.8. The van der Waals surface area contributed by atoms with Crippen LogP contribution in [0.25, 0.3) is 0 Å². The molecule has 46 heavy (non-hydrogen) atoms. The number of hydrogen-bond donors (Lipinski definition) is 2. The maximum absolute atomic E-state index is 4.93. The molecule has 0 amide bonds. The summed E-state index contributed by atoms with van der Waals surface area (Å²) in [6.45, 7) is 16.1. The summed E-state index contributed by atoms with van der Waals surface area (Å²) in [5.41, 5.74) is 17.7. The second-order valence-corrected chi connectivity index (χ2v) is 12.0. The molecule has 2 aromatic carbocycles. The topological polar surface area (TPSA) is 81.0 Å². The van der Waals surface area contributed by atoms with E-state index < -0.39 is 0 Å². The molecule has 0 saturated carbocycles. The lowest BCUT2D eigenvalue weighted by Gasteiger charge is -2.19. The van der Waals surface area contributed by atoms with Gasteiger partial charge in [-0.25, -0.2) is 0 Å². The van der Waals surface area contributed by atoms with Gasteiger partial charge in [0.25, 0.3) is 0 Å². The van der Waals surface area contributed by atoms with Crippen LogP contribution in [-0.4, -0.2) is 34.8 Å². The zero-order chi connectivity index (χ0) is 32.5. The quantitative estimate of drug-likeness (QED) is 0.218. The van der Waals surface area contributed by atoms with E-state index in [1.165, 1.54) is 55.6 Å². The summed E-state index contributed by atoms with van der Waals surface area (Å²) in [6, 6.07) is 13.1. The number of aliphatic imine (C=N–C) groups is 4. The number of H-pyrrole nitrogens is 2. The summed E-state index contributed by atoms with van der Waals surface area (Å²) in [5.74, 6) is 0. The van der Waals surface area contributed by atoms with E-state index in [0.717, 1.165) is 61.3 Å². The van der Waals surface area contributed by atoms with Gasteiger partial charge in [-0.05, 0) is 118 Å². The largest absolute Gasteiger partial charge is 0.353 e. The third kappa shape index (κ3) is 7.38. The monoisotopic (exact) mass is 614 g/mol. The standard InChI is InChI=1S/C40H50N6/c1-7-27-17-28(8-2)38-24-42-20-32-15-16-34(46-32)22-44-26-40-30(10-4)18-29(9-3)39(36(40)12-6)25-43-21-33-14-13-31(45-33)19-41-23-37(27)35(38)11-5/h13-22,45-46H,7-12,23-26H2,1-6H3. The van der Waals surface area contributed by atoms with Gasteiger partial charge in [0.15, 0.2) is 0 Å². The van der Waals surface area contributed by atoms with Gasteiger partial charge in [0.05, 0.1) is 49.0 Å². The number of nitrogens with one attached hydrogen (secondary N) is 2. The van der Waals surface area contributed by atoms with Crippen LogP contribution in [0.2, 0.25) is 0 Å². The summed E-state index contributed by atoms with van der Waals surface area (Å²) in [7, 11) is 0. The molecule has 0 spiro atoms. The number of aromatic amines is 2. The molecule has 6 nitrogen and oxygen atoms in total. The Hall–Kier alpha value is -4.32. The Bertz CT molecular complexity index is 1520. The van der Waals surface area contributed by atoms with Gasteiger partial charge in [-0.2, -0.15) is 0 Å². The molecule has 0 fully saturated rings. The molecular weight excluding hydrogens is 564 g/mol. The Kier molecular flexibility index (Phi) is 11.4. The highest BCUT2D eigenvalue weighted by atomic mass is 14.8. The third-order valence-corrected chi connectivity index (χ3v) is 9.32. The molecule has 5 rings (SSSR count). The first-order chi connectivity index (χ1) is 22.5. The zero-order valence-corrected chi connectivity index (χ0v) is 28.6. The van der Waals surface area contributed by atoms with Crippen LogP contribution in [0.5, 0.6) is 0 Å². The minimum Gasteiger partial charge on any atom is -0.353 e. The average molecular weight is 615 g/mol. The molecule has 1 aliphatic heterocycles. The average Bonchev–Trinajstić information content (AvgIpc) is 3.73. The van der Waals surface area contributed by atoms with Gasteiger partial charge in [-0.1, -0.05) is 53.7 Å². The van der Waals surface area contributed by atoms with Crippen molar-refractivity contribution < 1.29 is 0 Å². The van der Waals surface area contributed by atoms with Crippen molar-refractivity contribution in [1.82, 2.24) is 9.97 Å². The van der Waals surface area contributed by atoms with Crippen LogP contribution >= 0.6 is 0 Å². The number of fused-ring (bicyclic) bond motifs is 8. The van der Waals surface area contributed by atoms with E-state index in [1.54, 1.807) is 0 Å². The second-order valence-electron chi connectivity index (χ2n) is 12.0. The Balaban J connectivity index is 1.56. The van der Waals surface area contributed by atoms with Gasteiger partial charge in [-0.3, -0.25) is 20.0 Å². The van der Waals surface area contributed by atoms with E-state index in [9.17, 15) is 0 Å². The molecule has 8 bridgehead atoms. The van der Waals surface area contributed by atoms with Gasteiger partial charge in [0.2, 0.25) is 0 Å². The predicted molar refractivity (Wildman–Crippen MR) is 196 cm³/mol. The molecule has 2 aromatic heterocycles. The fourth-order valence-corrected chi connectivity index (χ4v) is 6.91. The van der Waals surface area contributed by atoms with Crippen molar-refractivity contribution in [2.24, 2.45) is 20.0 Å².